The molecule has 4 amide bonds. The highest BCUT2D eigenvalue weighted by atomic mass is 16.5. The Morgan fingerprint density at radius 2 is 1.80 bits per heavy atom. The molecule has 0 bridgehead atoms. The third-order valence-electron chi connectivity index (χ3n) is 7.54. The van der Waals surface area contributed by atoms with Crippen molar-refractivity contribution < 1.29 is 28.6 Å². The summed E-state index contributed by atoms with van der Waals surface area (Å²) in [7, 11) is 3.17. The van der Waals surface area contributed by atoms with Crippen molar-refractivity contribution in [2.45, 2.75) is 31.7 Å². The first-order valence-corrected chi connectivity index (χ1v) is 12.3. The van der Waals surface area contributed by atoms with Gasteiger partial charge in [-0.1, -0.05) is 0 Å². The lowest BCUT2D eigenvalue weighted by atomic mass is 9.79. The number of ether oxygens (including phenoxy) is 3. The molecule has 0 aliphatic carbocycles. The van der Waals surface area contributed by atoms with Crippen LogP contribution in [0.4, 0.5) is 4.79 Å². The molecule has 0 spiro atoms. The molecule has 35 heavy (non-hydrogen) atoms. The zero-order valence-corrected chi connectivity index (χ0v) is 20.9. The number of carbonyl (C=O) groups is 3. The summed E-state index contributed by atoms with van der Waals surface area (Å²) >= 11 is 0. The van der Waals surface area contributed by atoms with Gasteiger partial charge in [0.1, 0.15) is 17.0 Å². The van der Waals surface area contributed by atoms with Crippen molar-refractivity contribution in [3.05, 3.63) is 23.8 Å². The van der Waals surface area contributed by atoms with E-state index in [4.69, 9.17) is 14.2 Å². The molecule has 3 aliphatic heterocycles. The topological polar surface area (TPSA) is 101 Å². The van der Waals surface area contributed by atoms with Crippen LogP contribution in [0.5, 0.6) is 11.5 Å². The van der Waals surface area contributed by atoms with Crippen LogP contribution in [0.3, 0.4) is 0 Å². The molecule has 0 saturated carbocycles. The molecule has 3 heterocycles. The van der Waals surface area contributed by atoms with Crippen LogP contribution >= 0.6 is 0 Å². The number of hydrogen-bond donors (Lipinski definition) is 1. The molecule has 1 atom stereocenters. The van der Waals surface area contributed by atoms with E-state index in [-0.39, 0.29) is 30.2 Å². The van der Waals surface area contributed by atoms with Gasteiger partial charge < -0.3 is 24.4 Å². The van der Waals surface area contributed by atoms with Gasteiger partial charge in [-0.25, -0.2) is 4.79 Å². The number of rotatable bonds is 8. The molecule has 1 aromatic carbocycles. The lowest BCUT2D eigenvalue weighted by molar-refractivity contribution is -0.135. The summed E-state index contributed by atoms with van der Waals surface area (Å²) in [6.45, 7) is 6.93. The number of urea groups is 1. The van der Waals surface area contributed by atoms with E-state index in [1.54, 1.807) is 26.4 Å². The summed E-state index contributed by atoms with van der Waals surface area (Å²) in [5.74, 6) is 1.14. The zero-order valence-electron chi connectivity index (χ0n) is 20.9. The van der Waals surface area contributed by atoms with Crippen molar-refractivity contribution in [2.24, 2.45) is 5.92 Å². The van der Waals surface area contributed by atoms with Crippen molar-refractivity contribution >= 4 is 17.8 Å². The number of methoxy groups -OCH3 is 2. The van der Waals surface area contributed by atoms with Crippen molar-refractivity contribution in [2.75, 3.05) is 66.7 Å². The Labute approximate surface area is 206 Å². The average molecular weight is 489 g/mol. The minimum Gasteiger partial charge on any atom is -0.497 e. The van der Waals surface area contributed by atoms with E-state index >= 15 is 0 Å². The molecular weight excluding hydrogens is 452 g/mol. The van der Waals surface area contributed by atoms with Gasteiger partial charge in [0.25, 0.3) is 5.91 Å². The Hall–Kier alpha value is -2.85. The van der Waals surface area contributed by atoms with E-state index in [1.807, 2.05) is 17.9 Å². The molecule has 3 aliphatic rings. The third kappa shape index (κ3) is 5.38. The SMILES string of the molecule is COc1ccc(OC)c(CC(=O)N2CCC([C@@]3(C)NC(=O)N(CCN4CCOCC4)C3=O)CC2)c1. The van der Waals surface area contributed by atoms with E-state index in [0.717, 1.165) is 18.7 Å². The van der Waals surface area contributed by atoms with Gasteiger partial charge in [0.2, 0.25) is 5.91 Å². The van der Waals surface area contributed by atoms with Gasteiger partial charge in [0.15, 0.2) is 0 Å². The predicted molar refractivity (Wildman–Crippen MR) is 128 cm³/mol. The number of hydrogen-bond acceptors (Lipinski definition) is 7. The predicted octanol–water partition coefficient (Wildman–Crippen LogP) is 1.13. The highest BCUT2D eigenvalue weighted by Crippen LogP contribution is 2.34. The molecule has 0 radical (unpaired) electrons. The normalized spacial score (nSPS) is 24.0. The van der Waals surface area contributed by atoms with Crippen molar-refractivity contribution in [1.82, 2.24) is 20.0 Å². The first-order chi connectivity index (χ1) is 16.9. The van der Waals surface area contributed by atoms with Gasteiger partial charge in [-0.05, 0) is 43.9 Å². The number of carbonyl (C=O) groups excluding carboxylic acids is 3. The van der Waals surface area contributed by atoms with Gasteiger partial charge in [-0.3, -0.25) is 19.4 Å². The van der Waals surface area contributed by atoms with Crippen LogP contribution in [0.1, 0.15) is 25.3 Å². The van der Waals surface area contributed by atoms with Gasteiger partial charge in [-0.2, -0.15) is 0 Å². The fraction of sp³-hybridized carbons (Fsp3) is 0.640. The van der Waals surface area contributed by atoms with Crippen molar-refractivity contribution in [1.29, 1.82) is 0 Å². The van der Waals surface area contributed by atoms with Crippen LogP contribution in [0, 0.1) is 5.92 Å². The summed E-state index contributed by atoms with van der Waals surface area (Å²) in [6.07, 6.45) is 1.52. The lowest BCUT2D eigenvalue weighted by Gasteiger charge is -2.39. The second kappa shape index (κ2) is 10.8. The molecule has 1 N–H and O–H groups in total. The minimum absolute atomic E-state index is 0.00841. The number of nitrogens with zero attached hydrogens (tertiary/aromatic N) is 3. The van der Waals surface area contributed by atoms with E-state index < -0.39 is 5.54 Å². The Kier molecular flexibility index (Phi) is 7.81. The highest BCUT2D eigenvalue weighted by Gasteiger charge is 2.52. The standard InChI is InChI=1S/C25H36N4O6/c1-25(23(31)29(24(32)26-25)11-10-27-12-14-35-15-13-27)19-6-8-28(9-7-19)22(30)17-18-16-20(33-2)4-5-21(18)34-3/h4-5,16,19H,6-15,17H2,1-3H3,(H,26,32)/t25-/m1/s1. The van der Waals surface area contributed by atoms with Gasteiger partial charge >= 0.3 is 6.03 Å². The molecule has 4 rings (SSSR count). The summed E-state index contributed by atoms with van der Waals surface area (Å²) in [6, 6.07) is 5.10. The summed E-state index contributed by atoms with van der Waals surface area (Å²) in [5.41, 5.74) is -0.159. The van der Waals surface area contributed by atoms with Crippen molar-refractivity contribution in [3.8, 4) is 11.5 Å². The van der Waals surface area contributed by atoms with Gasteiger partial charge in [-0.15, -0.1) is 0 Å². The third-order valence-corrected chi connectivity index (χ3v) is 7.54. The maximum absolute atomic E-state index is 13.3. The van der Waals surface area contributed by atoms with E-state index in [9.17, 15) is 14.4 Å². The van der Waals surface area contributed by atoms with Crippen LogP contribution < -0.4 is 14.8 Å². The van der Waals surface area contributed by atoms with E-state index in [2.05, 4.69) is 10.2 Å². The molecule has 10 heteroatoms. The number of morpholine rings is 1. The number of imide groups is 1. The Bertz CT molecular complexity index is 942. The second-order valence-electron chi connectivity index (χ2n) is 9.55. The molecule has 3 fully saturated rings. The molecule has 0 unspecified atom stereocenters. The van der Waals surface area contributed by atoms with E-state index in [1.165, 1.54) is 4.90 Å². The quantitative estimate of drug-likeness (QED) is 0.548. The maximum Gasteiger partial charge on any atom is 0.325 e. The first-order valence-electron chi connectivity index (χ1n) is 12.3. The van der Waals surface area contributed by atoms with Gasteiger partial charge in [0.05, 0.1) is 33.9 Å². The van der Waals surface area contributed by atoms with E-state index in [0.29, 0.717) is 63.7 Å². The average Bonchev–Trinajstić information content (AvgIpc) is 3.11. The van der Waals surface area contributed by atoms with Crippen LogP contribution in [0.15, 0.2) is 18.2 Å². The molecular formula is C25H36N4O6. The fourth-order valence-electron chi connectivity index (χ4n) is 5.26. The maximum atomic E-state index is 13.3. The first kappa shape index (κ1) is 25.2. The lowest BCUT2D eigenvalue weighted by Crippen LogP contribution is -2.54. The number of amides is 4. The molecule has 1 aromatic rings. The Morgan fingerprint density at radius 3 is 2.46 bits per heavy atom. The second-order valence-corrected chi connectivity index (χ2v) is 9.55. The fourth-order valence-corrected chi connectivity index (χ4v) is 5.26. The Balaban J connectivity index is 1.32. The molecule has 0 aromatic heterocycles. The van der Waals surface area contributed by atoms with Crippen LogP contribution in [-0.2, 0) is 20.7 Å². The van der Waals surface area contributed by atoms with Crippen LogP contribution in [0.2, 0.25) is 0 Å². The summed E-state index contributed by atoms with van der Waals surface area (Å²) < 4.78 is 16.1. The minimum atomic E-state index is -0.937. The van der Waals surface area contributed by atoms with Crippen LogP contribution in [0.25, 0.3) is 0 Å². The Morgan fingerprint density at radius 1 is 1.09 bits per heavy atom. The molecule has 3 saturated heterocycles. The molecule has 192 valence electrons. The highest BCUT2D eigenvalue weighted by molar-refractivity contribution is 6.07. The number of nitrogens with one attached hydrogen (secondary N) is 1. The van der Waals surface area contributed by atoms with Gasteiger partial charge in [0, 0.05) is 44.8 Å². The smallest absolute Gasteiger partial charge is 0.325 e. The van der Waals surface area contributed by atoms with Crippen molar-refractivity contribution in [3.63, 3.8) is 0 Å². The number of likely N-dealkylation sites (tertiary alicyclic amines) is 1. The van der Waals surface area contributed by atoms with Crippen LogP contribution in [-0.4, -0.2) is 105 Å². The number of piperidine rings is 1. The molecule has 10 nitrogen and oxygen atoms in total. The monoisotopic (exact) mass is 488 g/mol. The number of benzene rings is 1. The summed E-state index contributed by atoms with van der Waals surface area (Å²) in [4.78, 5) is 44.4. The zero-order chi connectivity index (χ0) is 25.0. The summed E-state index contributed by atoms with van der Waals surface area (Å²) in [5, 5.41) is 2.96. The largest absolute Gasteiger partial charge is 0.497 e.